The number of aromatic nitrogens is 2. The zero-order chi connectivity index (χ0) is 27.1. The number of ketones is 1. The first kappa shape index (κ1) is 25.9. The number of benzene rings is 2. The van der Waals surface area contributed by atoms with Crippen molar-refractivity contribution in [2.45, 2.75) is 43.0 Å². The van der Waals surface area contributed by atoms with E-state index in [0.717, 1.165) is 12.1 Å². The van der Waals surface area contributed by atoms with E-state index in [1.165, 1.54) is 22.5 Å². The van der Waals surface area contributed by atoms with Crippen LogP contribution >= 0.6 is 0 Å². The van der Waals surface area contributed by atoms with Gasteiger partial charge in [-0.25, -0.2) is 8.42 Å². The summed E-state index contributed by atoms with van der Waals surface area (Å²) in [5.74, 6) is -0.459. The van der Waals surface area contributed by atoms with Crippen LogP contribution in [0.2, 0.25) is 0 Å². The number of furan rings is 1. The van der Waals surface area contributed by atoms with Gasteiger partial charge in [0.25, 0.3) is 10.0 Å². The van der Waals surface area contributed by atoms with Gasteiger partial charge in [0.2, 0.25) is 5.09 Å². The van der Waals surface area contributed by atoms with E-state index < -0.39 is 27.9 Å². The molecule has 1 saturated heterocycles. The Hall–Kier alpha value is -3.77. The first-order valence-corrected chi connectivity index (χ1v) is 13.2. The second-order valence-corrected chi connectivity index (χ2v) is 10.8. The van der Waals surface area contributed by atoms with Crippen LogP contribution in [-0.4, -0.2) is 46.4 Å². The van der Waals surface area contributed by atoms with Crippen LogP contribution in [0.5, 0.6) is 5.75 Å². The number of aromatic hydroxyl groups is 1. The first-order valence-electron chi connectivity index (χ1n) is 11.8. The highest BCUT2D eigenvalue weighted by molar-refractivity contribution is 7.89. The third-order valence-corrected chi connectivity index (χ3v) is 8.26. The molecule has 1 fully saturated rings. The van der Waals surface area contributed by atoms with E-state index in [4.69, 9.17) is 4.42 Å². The van der Waals surface area contributed by atoms with Gasteiger partial charge in [-0.2, -0.15) is 17.5 Å². The van der Waals surface area contributed by atoms with Gasteiger partial charge in [-0.05, 0) is 55.2 Å². The number of phenolic OH excluding ortho intramolecular Hbond substituents is 1. The number of hydrogen-bond acceptors (Lipinski definition) is 7. The summed E-state index contributed by atoms with van der Waals surface area (Å²) in [5.41, 5.74) is 0.126. The maximum Gasteiger partial charge on any atom is 0.435 e. The summed E-state index contributed by atoms with van der Waals surface area (Å²) < 4.78 is 71.7. The fraction of sp³-hybridized carbons (Fsp3) is 0.269. The lowest BCUT2D eigenvalue weighted by atomic mass is 9.99. The molecule has 4 aromatic rings. The molecule has 8 nitrogen and oxygen atoms in total. The molecule has 1 atom stereocenters. The second-order valence-electron chi connectivity index (χ2n) is 9.00. The van der Waals surface area contributed by atoms with Crippen molar-refractivity contribution < 1.29 is 35.9 Å². The number of sulfonamides is 1. The molecule has 3 heterocycles. The minimum absolute atomic E-state index is 0.0275. The van der Waals surface area contributed by atoms with Gasteiger partial charge in [0.1, 0.15) is 11.3 Å². The minimum Gasteiger partial charge on any atom is -0.507 e. The van der Waals surface area contributed by atoms with Crippen LogP contribution in [-0.2, 0) is 27.4 Å². The molecule has 198 valence electrons. The van der Waals surface area contributed by atoms with Gasteiger partial charge < -0.3 is 9.52 Å². The Labute approximate surface area is 215 Å². The summed E-state index contributed by atoms with van der Waals surface area (Å²) in [4.78, 5) is 13.1. The highest BCUT2D eigenvalue weighted by Gasteiger charge is 2.40. The number of aryl methyl sites for hydroxylation is 1. The number of nitrogens with zero attached hydrogens (tertiary/aromatic N) is 3. The van der Waals surface area contributed by atoms with Crippen LogP contribution < -0.4 is 0 Å². The summed E-state index contributed by atoms with van der Waals surface area (Å²) in [6.45, 7) is 0.200. The average molecular weight is 546 g/mol. The fourth-order valence-corrected chi connectivity index (χ4v) is 6.18. The van der Waals surface area contributed by atoms with Crippen LogP contribution in [0.3, 0.4) is 0 Å². The molecular formula is C26H22F3N3O5S. The third-order valence-electron chi connectivity index (χ3n) is 6.49. The molecular weight excluding hydrogens is 523 g/mol. The van der Waals surface area contributed by atoms with Crippen molar-refractivity contribution in [3.8, 4) is 17.0 Å². The van der Waals surface area contributed by atoms with E-state index in [0.29, 0.717) is 29.4 Å². The molecule has 0 aliphatic carbocycles. The Balaban J connectivity index is 1.30. The van der Waals surface area contributed by atoms with E-state index in [1.54, 1.807) is 30.3 Å². The molecule has 2 aromatic heterocycles. The SMILES string of the molecule is O=C(CCc1ccc(O)c(-c2ccc(C(F)(F)F)nn2)c1)[C@@H]1CCCN1S(=O)(=O)c1cc2ccccc2o1. The van der Waals surface area contributed by atoms with Crippen molar-refractivity contribution in [2.24, 2.45) is 0 Å². The summed E-state index contributed by atoms with van der Waals surface area (Å²) in [7, 11) is -4.02. The Morgan fingerprint density at radius 1 is 1.08 bits per heavy atom. The van der Waals surface area contributed by atoms with Gasteiger partial charge in [-0.1, -0.05) is 24.3 Å². The van der Waals surface area contributed by atoms with Crippen molar-refractivity contribution in [3.63, 3.8) is 0 Å². The maximum absolute atomic E-state index is 13.3. The molecule has 12 heteroatoms. The zero-order valence-corrected chi connectivity index (χ0v) is 20.7. The van der Waals surface area contributed by atoms with E-state index in [9.17, 15) is 31.5 Å². The molecule has 1 aliphatic rings. The molecule has 38 heavy (non-hydrogen) atoms. The van der Waals surface area contributed by atoms with Gasteiger partial charge in [-0.15, -0.1) is 10.2 Å². The number of halogens is 3. The number of Topliss-reactive ketones (excluding diaryl/α,β-unsaturated/α-hetero) is 1. The monoisotopic (exact) mass is 545 g/mol. The van der Waals surface area contributed by atoms with E-state index >= 15 is 0 Å². The molecule has 0 saturated carbocycles. The quantitative estimate of drug-likeness (QED) is 0.349. The lowest BCUT2D eigenvalue weighted by Gasteiger charge is -2.21. The van der Waals surface area contributed by atoms with Gasteiger partial charge >= 0.3 is 6.18 Å². The Morgan fingerprint density at radius 3 is 2.58 bits per heavy atom. The molecule has 0 spiro atoms. The summed E-state index contributed by atoms with van der Waals surface area (Å²) in [6.07, 6.45) is -3.46. The number of carbonyl (C=O) groups excluding carboxylic acids is 1. The lowest BCUT2D eigenvalue weighted by Crippen LogP contribution is -2.40. The number of hydrogen-bond donors (Lipinski definition) is 1. The fourth-order valence-electron chi connectivity index (χ4n) is 4.55. The van der Waals surface area contributed by atoms with Crippen molar-refractivity contribution in [1.29, 1.82) is 0 Å². The van der Waals surface area contributed by atoms with Crippen molar-refractivity contribution in [2.75, 3.05) is 6.54 Å². The van der Waals surface area contributed by atoms with E-state index in [2.05, 4.69) is 10.2 Å². The molecule has 5 rings (SSSR count). The third kappa shape index (κ3) is 5.01. The largest absolute Gasteiger partial charge is 0.507 e. The zero-order valence-electron chi connectivity index (χ0n) is 19.9. The number of para-hydroxylation sites is 1. The predicted octanol–water partition coefficient (Wildman–Crippen LogP) is 4.97. The van der Waals surface area contributed by atoms with Crippen molar-refractivity contribution in [1.82, 2.24) is 14.5 Å². The van der Waals surface area contributed by atoms with Gasteiger partial charge in [0, 0.05) is 30.0 Å². The topological polar surface area (TPSA) is 114 Å². The lowest BCUT2D eigenvalue weighted by molar-refractivity contribution is -0.141. The van der Waals surface area contributed by atoms with E-state index in [1.807, 2.05) is 0 Å². The average Bonchev–Trinajstić information content (AvgIpc) is 3.56. The van der Waals surface area contributed by atoms with Crippen LogP contribution in [0.25, 0.3) is 22.2 Å². The van der Waals surface area contributed by atoms with Crippen LogP contribution in [0.1, 0.15) is 30.5 Å². The van der Waals surface area contributed by atoms with Crippen molar-refractivity contribution in [3.05, 3.63) is 71.9 Å². The summed E-state index contributed by atoms with van der Waals surface area (Å²) in [6, 6.07) is 13.9. The maximum atomic E-state index is 13.3. The number of alkyl halides is 3. The Kier molecular flexibility index (Phi) is 6.70. The highest BCUT2D eigenvalue weighted by atomic mass is 32.2. The number of rotatable bonds is 7. The minimum atomic E-state index is -4.64. The Morgan fingerprint density at radius 2 is 1.87 bits per heavy atom. The highest BCUT2D eigenvalue weighted by Crippen LogP contribution is 2.33. The Bertz CT molecular complexity index is 1570. The smallest absolute Gasteiger partial charge is 0.435 e. The van der Waals surface area contributed by atoms with Crippen molar-refractivity contribution >= 4 is 26.8 Å². The predicted molar refractivity (Wildman–Crippen MR) is 131 cm³/mol. The van der Waals surface area contributed by atoms with E-state index in [-0.39, 0.29) is 47.3 Å². The van der Waals surface area contributed by atoms with Gasteiger partial charge in [0.05, 0.1) is 11.7 Å². The molecule has 0 radical (unpaired) electrons. The van der Waals surface area contributed by atoms with Gasteiger partial charge in [-0.3, -0.25) is 4.79 Å². The van der Waals surface area contributed by atoms with Crippen LogP contribution in [0.15, 0.2) is 70.2 Å². The van der Waals surface area contributed by atoms with Crippen LogP contribution in [0.4, 0.5) is 13.2 Å². The molecule has 0 unspecified atom stereocenters. The number of phenols is 1. The van der Waals surface area contributed by atoms with Crippen LogP contribution in [0, 0.1) is 0 Å². The molecule has 0 amide bonds. The first-order chi connectivity index (χ1) is 18.0. The normalized spacial score (nSPS) is 16.8. The standard InChI is InChI=1S/C26H22F3N3O5S/c27-26(28,29)24-12-9-19(30-31-24)18-14-16(7-10-21(18)33)8-11-22(34)20-5-3-13-32(20)38(35,36)25-15-17-4-1-2-6-23(17)37-25/h1-2,4,6-7,9-10,12,14-15,20,33H,3,5,8,11,13H2/t20-/m0/s1. The molecule has 2 aromatic carbocycles. The molecule has 0 bridgehead atoms. The van der Waals surface area contributed by atoms with Gasteiger partial charge in [0.15, 0.2) is 11.5 Å². The second kappa shape index (κ2) is 9.84. The number of fused-ring (bicyclic) bond motifs is 1. The summed E-state index contributed by atoms with van der Waals surface area (Å²) >= 11 is 0. The number of carbonyl (C=O) groups is 1. The summed E-state index contributed by atoms with van der Waals surface area (Å²) in [5, 5.41) is 17.4. The molecule has 1 aliphatic heterocycles. The molecule has 1 N–H and O–H groups in total.